The highest BCUT2D eigenvalue weighted by molar-refractivity contribution is 6.24. The number of hydrogen-bond acceptors (Lipinski definition) is 10. The van der Waals surface area contributed by atoms with Crippen molar-refractivity contribution in [1.29, 1.82) is 5.26 Å². The molecule has 3 aliphatic rings. The van der Waals surface area contributed by atoms with E-state index in [4.69, 9.17) is 4.98 Å². The van der Waals surface area contributed by atoms with Crippen molar-refractivity contribution in [1.82, 2.24) is 40.3 Å². The number of imide groups is 2. The first kappa shape index (κ1) is 37.2. The van der Waals surface area contributed by atoms with E-state index in [1.807, 2.05) is 29.2 Å². The number of unbranched alkanes of at least 4 members (excludes halogenated alkanes) is 2. The normalized spacial score (nSPS) is 17.5. The molecule has 0 radical (unpaired) electrons. The molecule has 0 bridgehead atoms. The highest BCUT2D eigenvalue weighted by Crippen LogP contribution is 2.37. The third-order valence-electron chi connectivity index (χ3n) is 11.2. The Morgan fingerprint density at radius 3 is 2.58 bits per heavy atom. The number of benzene rings is 2. The first-order valence-corrected chi connectivity index (χ1v) is 19.5. The topological polar surface area (TPSA) is 208 Å². The molecule has 1 unspecified atom stereocenters. The van der Waals surface area contributed by atoms with Gasteiger partial charge >= 0.3 is 0 Å². The second kappa shape index (κ2) is 16.2. The van der Waals surface area contributed by atoms with Gasteiger partial charge < -0.3 is 15.6 Å². The van der Waals surface area contributed by atoms with E-state index in [1.165, 1.54) is 12.8 Å². The van der Waals surface area contributed by atoms with E-state index < -0.39 is 29.7 Å². The summed E-state index contributed by atoms with van der Waals surface area (Å²) in [5.41, 5.74) is 4.79. The minimum Gasteiger partial charge on any atom is -0.352 e. The Hall–Kier alpha value is -6.69. The maximum atomic E-state index is 13.4. The number of carbonyl (C=O) groups is 5. The van der Waals surface area contributed by atoms with E-state index in [2.05, 4.69) is 37.1 Å². The van der Waals surface area contributed by atoms with Crippen LogP contribution in [0.4, 0.5) is 11.6 Å². The van der Waals surface area contributed by atoms with Gasteiger partial charge in [0.1, 0.15) is 11.7 Å². The van der Waals surface area contributed by atoms with Gasteiger partial charge in [-0.2, -0.15) is 15.3 Å². The van der Waals surface area contributed by atoms with Crippen LogP contribution in [0.5, 0.6) is 0 Å². The predicted molar refractivity (Wildman–Crippen MR) is 209 cm³/mol. The van der Waals surface area contributed by atoms with Crippen LogP contribution in [0, 0.1) is 17.2 Å². The number of nitrogens with one attached hydrogen (secondary N) is 4. The summed E-state index contributed by atoms with van der Waals surface area (Å²) in [6.07, 6.45) is 13.6. The monoisotopic (exact) mass is 766 g/mol. The Morgan fingerprint density at radius 1 is 0.965 bits per heavy atom. The smallest absolute Gasteiger partial charge is 0.262 e. The molecule has 1 aliphatic carbocycles. The van der Waals surface area contributed by atoms with Crippen molar-refractivity contribution in [3.63, 3.8) is 0 Å². The lowest BCUT2D eigenvalue weighted by Gasteiger charge is -2.27. The van der Waals surface area contributed by atoms with Crippen molar-refractivity contribution in [3.8, 4) is 17.3 Å². The summed E-state index contributed by atoms with van der Waals surface area (Å²) < 4.78 is 1.93. The summed E-state index contributed by atoms with van der Waals surface area (Å²) in [5.74, 6) is -1.43. The van der Waals surface area contributed by atoms with Gasteiger partial charge in [-0.05, 0) is 86.4 Å². The van der Waals surface area contributed by atoms with Crippen molar-refractivity contribution in [2.45, 2.75) is 82.7 Å². The van der Waals surface area contributed by atoms with E-state index >= 15 is 0 Å². The van der Waals surface area contributed by atoms with Crippen LogP contribution in [-0.2, 0) is 16.0 Å². The molecule has 1 saturated heterocycles. The third kappa shape index (κ3) is 7.62. The fourth-order valence-corrected chi connectivity index (χ4v) is 8.32. The Balaban J connectivity index is 0.835. The largest absolute Gasteiger partial charge is 0.352 e. The number of nitriles is 1. The molecule has 5 aromatic rings. The molecule has 8 rings (SSSR count). The molecule has 2 atom stereocenters. The first-order valence-electron chi connectivity index (χ1n) is 19.5. The molecular weight excluding hydrogens is 725 g/mol. The van der Waals surface area contributed by atoms with E-state index in [1.54, 1.807) is 42.6 Å². The molecule has 57 heavy (non-hydrogen) atoms. The fraction of sp³-hybridized carbons (Fsp3) is 0.357. The summed E-state index contributed by atoms with van der Waals surface area (Å²) in [6.45, 7) is 0.466. The van der Waals surface area contributed by atoms with Crippen LogP contribution in [-0.4, -0.2) is 71.8 Å². The molecule has 15 nitrogen and oxygen atoms in total. The summed E-state index contributed by atoms with van der Waals surface area (Å²) in [5, 5.41) is 23.5. The van der Waals surface area contributed by atoms with Crippen LogP contribution in [0.25, 0.3) is 22.3 Å². The highest BCUT2D eigenvalue weighted by Gasteiger charge is 2.45. The molecule has 5 heterocycles. The number of carbonyl (C=O) groups excluding carboxylic acids is 5. The SMILES string of the molecule is N#CC[C@H](C1CCCC1)n1cc(-c2nc(Nc3ccc(C(=O)NCCCCCc4cccc5c4C(=O)N(C4CCC(=O)NC4=O)C5=O)cc3)nc3[nH]ccc23)cn1. The summed E-state index contributed by atoms with van der Waals surface area (Å²) in [4.78, 5) is 77.1. The number of amides is 5. The number of anilines is 2. The molecular formula is C42H42N10O5. The van der Waals surface area contributed by atoms with Crippen molar-refractivity contribution in [3.05, 3.63) is 89.4 Å². The van der Waals surface area contributed by atoms with Crippen LogP contribution in [0.15, 0.2) is 67.1 Å². The molecule has 0 spiro atoms. The minimum absolute atomic E-state index is 0.0361. The molecule has 2 fully saturated rings. The van der Waals surface area contributed by atoms with Gasteiger partial charge in [0.25, 0.3) is 17.7 Å². The number of aryl methyl sites for hydroxylation is 1. The fourth-order valence-electron chi connectivity index (χ4n) is 8.32. The standard InChI is InChI=1S/C42H42N10O5/c43-20-18-32(25-7-3-4-8-25)51-24-28(23-46-51)36-31-19-22-44-37(31)50-42(49-36)47-29-14-12-27(13-15-29)38(54)45-21-5-1-2-9-26-10-6-11-30-35(26)41(57)52(40(30)56)33-16-17-34(53)48-39(33)55/h6,10-15,19,22-25,32-33H,1-5,7-9,16-18,21H2,(H,45,54)(H,48,53,55)(H2,44,47,49,50)/t32-,33?/m1/s1. The maximum Gasteiger partial charge on any atom is 0.262 e. The number of aromatic amines is 1. The third-order valence-corrected chi connectivity index (χ3v) is 11.2. The quantitative estimate of drug-likeness (QED) is 0.0794. The molecule has 2 aliphatic heterocycles. The van der Waals surface area contributed by atoms with Crippen LogP contribution in [0.2, 0.25) is 0 Å². The zero-order chi connectivity index (χ0) is 39.5. The maximum absolute atomic E-state index is 13.4. The number of aromatic nitrogens is 5. The van der Waals surface area contributed by atoms with Gasteiger partial charge in [-0.3, -0.25) is 38.9 Å². The Bertz CT molecular complexity index is 2410. The van der Waals surface area contributed by atoms with Gasteiger partial charge in [0.2, 0.25) is 17.8 Å². The van der Waals surface area contributed by atoms with Crippen molar-refractivity contribution < 1.29 is 24.0 Å². The summed E-state index contributed by atoms with van der Waals surface area (Å²) in [6, 6.07) is 15.5. The molecule has 4 N–H and O–H groups in total. The summed E-state index contributed by atoms with van der Waals surface area (Å²) >= 11 is 0. The zero-order valence-electron chi connectivity index (χ0n) is 31.3. The number of nitrogens with zero attached hydrogens (tertiary/aromatic N) is 6. The van der Waals surface area contributed by atoms with Gasteiger partial charge in [0.05, 0.1) is 41.5 Å². The Morgan fingerprint density at radius 2 is 1.79 bits per heavy atom. The predicted octanol–water partition coefficient (Wildman–Crippen LogP) is 5.75. The lowest BCUT2D eigenvalue weighted by atomic mass is 9.96. The lowest BCUT2D eigenvalue weighted by Crippen LogP contribution is -2.54. The lowest BCUT2D eigenvalue weighted by molar-refractivity contribution is -0.136. The van der Waals surface area contributed by atoms with E-state index in [-0.39, 0.29) is 30.4 Å². The molecule has 1 saturated carbocycles. The van der Waals surface area contributed by atoms with E-state index in [0.29, 0.717) is 53.7 Å². The highest BCUT2D eigenvalue weighted by atomic mass is 16.2. The van der Waals surface area contributed by atoms with E-state index in [0.717, 1.165) is 59.2 Å². The average molecular weight is 767 g/mol. The van der Waals surface area contributed by atoms with Crippen LogP contribution >= 0.6 is 0 Å². The second-order valence-corrected chi connectivity index (χ2v) is 14.9. The van der Waals surface area contributed by atoms with Gasteiger partial charge in [0, 0.05) is 47.6 Å². The van der Waals surface area contributed by atoms with Gasteiger partial charge in [-0.15, -0.1) is 0 Å². The summed E-state index contributed by atoms with van der Waals surface area (Å²) in [7, 11) is 0. The Kier molecular flexibility index (Phi) is 10.6. The first-order chi connectivity index (χ1) is 27.8. The number of piperidine rings is 1. The van der Waals surface area contributed by atoms with Gasteiger partial charge in [-0.25, -0.2) is 4.98 Å². The average Bonchev–Trinajstić information content (AvgIpc) is 4.05. The van der Waals surface area contributed by atoms with Crippen molar-refractivity contribution in [2.24, 2.45) is 5.92 Å². The number of fused-ring (bicyclic) bond motifs is 2. The van der Waals surface area contributed by atoms with Crippen LogP contribution in [0.3, 0.4) is 0 Å². The molecule has 2 aromatic carbocycles. The molecule has 15 heteroatoms. The van der Waals surface area contributed by atoms with Gasteiger partial charge in [-0.1, -0.05) is 31.4 Å². The minimum atomic E-state index is -1.000. The van der Waals surface area contributed by atoms with Crippen molar-refractivity contribution in [2.75, 3.05) is 11.9 Å². The molecule has 5 amide bonds. The number of hydrogen-bond donors (Lipinski definition) is 4. The number of rotatable bonds is 14. The molecule has 3 aromatic heterocycles. The second-order valence-electron chi connectivity index (χ2n) is 14.9. The Labute approximate surface area is 328 Å². The van der Waals surface area contributed by atoms with Crippen molar-refractivity contribution >= 4 is 52.2 Å². The van der Waals surface area contributed by atoms with Gasteiger partial charge in [0.15, 0.2) is 0 Å². The van der Waals surface area contributed by atoms with E-state index in [9.17, 15) is 29.2 Å². The van der Waals surface area contributed by atoms with Crippen LogP contribution in [0.1, 0.15) is 107 Å². The zero-order valence-corrected chi connectivity index (χ0v) is 31.3. The van der Waals surface area contributed by atoms with Crippen LogP contribution < -0.4 is 16.0 Å². The molecule has 290 valence electrons. The number of H-pyrrole nitrogens is 1.